The third-order valence-corrected chi connectivity index (χ3v) is 5.93. The van der Waals surface area contributed by atoms with E-state index < -0.39 is 29.4 Å². The van der Waals surface area contributed by atoms with Crippen LogP contribution >= 0.6 is 23.2 Å². The summed E-state index contributed by atoms with van der Waals surface area (Å²) < 4.78 is 79.5. The standard InChI is InChI=1S/C21H17Cl2F6NO2/c22-15-6-4-12(16(23)11-15)10-18(31)30-8-2-1-3-13-9-14(5-7-17(13)30)19(32,20(24,25)26)21(27,28)29/h4-7,9,11,32H,1-3,8,10H2. The second-order valence-electron chi connectivity index (χ2n) is 7.46. The number of hydrogen-bond donors (Lipinski definition) is 1. The number of benzene rings is 2. The fraction of sp³-hybridized carbons (Fsp3) is 0.381. The number of anilines is 1. The van der Waals surface area contributed by atoms with Crippen LogP contribution in [0.3, 0.4) is 0 Å². The van der Waals surface area contributed by atoms with E-state index in [9.17, 15) is 36.2 Å². The molecule has 0 saturated heterocycles. The number of aryl methyl sites for hydroxylation is 1. The van der Waals surface area contributed by atoms with Crippen molar-refractivity contribution in [1.82, 2.24) is 0 Å². The predicted octanol–water partition coefficient (Wildman–Crippen LogP) is 6.22. The fourth-order valence-corrected chi connectivity index (χ4v) is 4.13. The number of alkyl halides is 6. The third kappa shape index (κ3) is 4.56. The van der Waals surface area contributed by atoms with Crippen molar-refractivity contribution in [3.63, 3.8) is 0 Å². The van der Waals surface area contributed by atoms with Crippen molar-refractivity contribution in [2.45, 2.75) is 43.6 Å². The molecule has 0 unspecified atom stereocenters. The Morgan fingerprint density at radius 1 is 0.969 bits per heavy atom. The van der Waals surface area contributed by atoms with Crippen LogP contribution in [0.1, 0.15) is 29.5 Å². The van der Waals surface area contributed by atoms with Crippen LogP contribution in [0.25, 0.3) is 0 Å². The molecule has 1 heterocycles. The second kappa shape index (κ2) is 8.76. The summed E-state index contributed by atoms with van der Waals surface area (Å²) in [5.74, 6) is -0.424. The highest BCUT2D eigenvalue weighted by atomic mass is 35.5. The van der Waals surface area contributed by atoms with Crippen LogP contribution in [0.15, 0.2) is 36.4 Å². The summed E-state index contributed by atoms with van der Waals surface area (Å²) in [5, 5.41) is 10.3. The minimum Gasteiger partial charge on any atom is -0.369 e. The number of carbonyl (C=O) groups excluding carboxylic acids is 1. The molecule has 2 aromatic rings. The van der Waals surface area contributed by atoms with E-state index in [0.717, 1.165) is 6.07 Å². The molecule has 11 heteroatoms. The van der Waals surface area contributed by atoms with Gasteiger partial charge < -0.3 is 10.0 Å². The van der Waals surface area contributed by atoms with Crippen molar-refractivity contribution in [3.05, 3.63) is 63.1 Å². The lowest BCUT2D eigenvalue weighted by atomic mass is 9.89. The Hall–Kier alpha value is -1.97. The minimum absolute atomic E-state index is 0.113. The van der Waals surface area contributed by atoms with Gasteiger partial charge in [0.1, 0.15) is 0 Å². The number of carbonyl (C=O) groups is 1. The number of hydrogen-bond acceptors (Lipinski definition) is 2. The lowest BCUT2D eigenvalue weighted by Crippen LogP contribution is -2.54. The van der Waals surface area contributed by atoms with Gasteiger partial charge in [0, 0.05) is 27.8 Å². The summed E-state index contributed by atoms with van der Waals surface area (Å²) in [7, 11) is 0. The highest BCUT2D eigenvalue weighted by molar-refractivity contribution is 6.35. The molecule has 1 N–H and O–H groups in total. The van der Waals surface area contributed by atoms with Gasteiger partial charge in [-0.25, -0.2) is 0 Å². The van der Waals surface area contributed by atoms with Gasteiger partial charge in [-0.05, 0) is 48.6 Å². The number of fused-ring (bicyclic) bond motifs is 1. The van der Waals surface area contributed by atoms with Crippen LogP contribution in [0.5, 0.6) is 0 Å². The molecule has 1 aliphatic heterocycles. The number of rotatable bonds is 3. The fourth-order valence-electron chi connectivity index (χ4n) is 3.65. The molecule has 0 aromatic heterocycles. The Kier molecular flexibility index (Phi) is 6.75. The van der Waals surface area contributed by atoms with Crippen molar-refractivity contribution in [2.24, 2.45) is 0 Å². The van der Waals surface area contributed by atoms with Crippen molar-refractivity contribution < 1.29 is 36.2 Å². The zero-order valence-electron chi connectivity index (χ0n) is 16.3. The molecule has 0 fully saturated rings. The summed E-state index contributed by atoms with van der Waals surface area (Å²) in [4.78, 5) is 14.3. The lowest BCUT2D eigenvalue weighted by molar-refractivity contribution is -0.376. The van der Waals surface area contributed by atoms with Gasteiger partial charge in [-0.2, -0.15) is 26.3 Å². The largest absolute Gasteiger partial charge is 0.430 e. The number of halogens is 8. The zero-order valence-corrected chi connectivity index (χ0v) is 17.8. The highest BCUT2D eigenvalue weighted by Gasteiger charge is 2.71. The minimum atomic E-state index is -5.98. The molecular weight excluding hydrogens is 483 g/mol. The molecule has 0 radical (unpaired) electrons. The summed E-state index contributed by atoms with van der Waals surface area (Å²) >= 11 is 12.0. The maximum atomic E-state index is 13.3. The SMILES string of the molecule is O=C(Cc1ccc(Cl)cc1Cl)N1CCCCc2cc(C(O)(C(F)(F)F)C(F)(F)F)ccc21. The molecule has 0 aliphatic carbocycles. The van der Waals surface area contributed by atoms with Gasteiger partial charge in [0.25, 0.3) is 5.60 Å². The first kappa shape index (κ1) is 24.7. The average Bonchev–Trinajstić information content (AvgIpc) is 2.89. The van der Waals surface area contributed by atoms with Crippen molar-refractivity contribution in [3.8, 4) is 0 Å². The molecule has 0 saturated carbocycles. The molecule has 1 aliphatic rings. The van der Waals surface area contributed by atoms with Gasteiger partial charge in [-0.1, -0.05) is 41.4 Å². The highest BCUT2D eigenvalue weighted by Crippen LogP contribution is 2.50. The van der Waals surface area contributed by atoms with Gasteiger partial charge in [0.15, 0.2) is 0 Å². The van der Waals surface area contributed by atoms with Gasteiger partial charge in [-0.3, -0.25) is 4.79 Å². The van der Waals surface area contributed by atoms with Gasteiger partial charge in [0.2, 0.25) is 5.91 Å². The van der Waals surface area contributed by atoms with E-state index in [1.807, 2.05) is 0 Å². The van der Waals surface area contributed by atoms with E-state index >= 15 is 0 Å². The number of aliphatic hydroxyl groups is 1. The normalized spacial score (nSPS) is 15.3. The zero-order chi connectivity index (χ0) is 23.9. The molecule has 0 atom stereocenters. The maximum Gasteiger partial charge on any atom is 0.430 e. The molecule has 174 valence electrons. The van der Waals surface area contributed by atoms with Crippen LogP contribution in [0, 0.1) is 0 Å². The molecule has 3 nitrogen and oxygen atoms in total. The third-order valence-electron chi connectivity index (χ3n) is 5.34. The van der Waals surface area contributed by atoms with E-state index in [0.29, 0.717) is 35.6 Å². The maximum absolute atomic E-state index is 13.3. The van der Waals surface area contributed by atoms with Crippen LogP contribution < -0.4 is 4.90 Å². The van der Waals surface area contributed by atoms with E-state index in [4.69, 9.17) is 23.2 Å². The van der Waals surface area contributed by atoms with Gasteiger partial charge in [-0.15, -0.1) is 0 Å². The summed E-state index contributed by atoms with van der Waals surface area (Å²) in [6.45, 7) is 0.235. The molecule has 0 spiro atoms. The van der Waals surface area contributed by atoms with Crippen LogP contribution in [0.2, 0.25) is 10.0 Å². The Balaban J connectivity index is 2.00. The van der Waals surface area contributed by atoms with E-state index in [1.54, 1.807) is 12.1 Å². The van der Waals surface area contributed by atoms with Crippen LogP contribution in [0.4, 0.5) is 32.0 Å². The molecule has 0 bridgehead atoms. The van der Waals surface area contributed by atoms with E-state index in [2.05, 4.69) is 0 Å². The smallest absolute Gasteiger partial charge is 0.369 e. The monoisotopic (exact) mass is 499 g/mol. The topological polar surface area (TPSA) is 40.5 Å². The predicted molar refractivity (Wildman–Crippen MR) is 108 cm³/mol. The summed E-state index contributed by atoms with van der Waals surface area (Å²) in [5.41, 5.74) is -5.57. The van der Waals surface area contributed by atoms with Gasteiger partial charge in [0.05, 0.1) is 6.42 Å². The number of nitrogens with zero attached hydrogens (tertiary/aromatic N) is 1. The van der Waals surface area contributed by atoms with Crippen molar-refractivity contribution in [2.75, 3.05) is 11.4 Å². The molecular formula is C21H17Cl2F6NO2. The second-order valence-corrected chi connectivity index (χ2v) is 8.31. The number of amides is 1. The molecule has 1 amide bonds. The molecule has 2 aromatic carbocycles. The van der Waals surface area contributed by atoms with Gasteiger partial charge >= 0.3 is 12.4 Å². The van der Waals surface area contributed by atoms with Crippen molar-refractivity contribution >= 4 is 34.8 Å². The first-order valence-corrected chi connectivity index (χ1v) is 10.2. The summed E-state index contributed by atoms with van der Waals surface area (Å²) in [6.07, 6.45) is -11.0. The average molecular weight is 500 g/mol. The van der Waals surface area contributed by atoms with E-state index in [1.165, 1.54) is 11.0 Å². The lowest BCUT2D eigenvalue weighted by Gasteiger charge is -2.33. The van der Waals surface area contributed by atoms with Crippen molar-refractivity contribution in [1.29, 1.82) is 0 Å². The Bertz CT molecular complexity index is 1010. The summed E-state index contributed by atoms with van der Waals surface area (Å²) in [6, 6.07) is 6.83. The molecule has 32 heavy (non-hydrogen) atoms. The quantitative estimate of drug-likeness (QED) is 0.509. The Morgan fingerprint density at radius 3 is 2.22 bits per heavy atom. The first-order chi connectivity index (χ1) is 14.8. The first-order valence-electron chi connectivity index (χ1n) is 9.49. The van der Waals surface area contributed by atoms with E-state index in [-0.39, 0.29) is 35.7 Å². The molecule has 3 rings (SSSR count). The Labute approximate surface area is 189 Å². The van der Waals surface area contributed by atoms with Crippen LogP contribution in [-0.4, -0.2) is 29.9 Å². The Morgan fingerprint density at radius 2 is 1.62 bits per heavy atom. The van der Waals surface area contributed by atoms with Crippen LogP contribution in [-0.2, 0) is 23.2 Å².